The summed E-state index contributed by atoms with van der Waals surface area (Å²) in [5.41, 5.74) is 2.51. The van der Waals surface area contributed by atoms with E-state index >= 15 is 0 Å². The maximum absolute atomic E-state index is 6.15. The largest absolute Gasteiger partial charge is 0.251 e. The third-order valence-corrected chi connectivity index (χ3v) is 3.03. The van der Waals surface area contributed by atoms with E-state index in [0.717, 1.165) is 17.6 Å². The lowest BCUT2D eigenvalue weighted by molar-refractivity contribution is 0.632. The van der Waals surface area contributed by atoms with E-state index in [4.69, 9.17) is 11.6 Å². The number of rotatable bonds is 3. The molecule has 2 rings (SSSR count). The monoisotopic (exact) mass is 235 g/mol. The van der Waals surface area contributed by atoms with Gasteiger partial charge in [-0.25, -0.2) is 9.97 Å². The van der Waals surface area contributed by atoms with Gasteiger partial charge in [-0.1, -0.05) is 6.92 Å². The summed E-state index contributed by atoms with van der Waals surface area (Å²) < 4.78 is 0. The van der Waals surface area contributed by atoms with Gasteiger partial charge in [0.1, 0.15) is 5.52 Å². The molecule has 4 heteroatoms. The van der Waals surface area contributed by atoms with Crippen LogP contribution in [0, 0.1) is 0 Å². The van der Waals surface area contributed by atoms with Crippen molar-refractivity contribution in [3.05, 3.63) is 30.2 Å². The molecule has 3 nitrogen and oxygen atoms in total. The first-order valence-corrected chi connectivity index (χ1v) is 5.87. The number of halogens is 1. The van der Waals surface area contributed by atoms with Crippen LogP contribution in [-0.4, -0.2) is 20.3 Å². The van der Waals surface area contributed by atoms with Gasteiger partial charge in [-0.2, -0.15) is 0 Å². The minimum absolute atomic E-state index is 0.0756. The van der Waals surface area contributed by atoms with Gasteiger partial charge in [0.2, 0.25) is 0 Å². The molecule has 2 aromatic heterocycles. The molecule has 2 unspecified atom stereocenters. The van der Waals surface area contributed by atoms with Crippen molar-refractivity contribution in [3.8, 4) is 0 Å². The standard InChI is InChI=1S/C12H14ClN3/c1-3-9(8(2)13)10-4-5-11-12(16-10)15-7-6-14-11/h4-9H,3H2,1-2H3. The van der Waals surface area contributed by atoms with Crippen LogP contribution in [-0.2, 0) is 0 Å². The molecule has 0 fully saturated rings. The Morgan fingerprint density at radius 2 is 2.00 bits per heavy atom. The van der Waals surface area contributed by atoms with Crippen LogP contribution >= 0.6 is 11.6 Å². The molecule has 0 bridgehead atoms. The van der Waals surface area contributed by atoms with Crippen LogP contribution in [0.5, 0.6) is 0 Å². The maximum Gasteiger partial charge on any atom is 0.178 e. The molecule has 84 valence electrons. The molecule has 2 heterocycles. The fourth-order valence-corrected chi connectivity index (χ4v) is 2.15. The smallest absolute Gasteiger partial charge is 0.178 e. The van der Waals surface area contributed by atoms with Gasteiger partial charge in [-0.15, -0.1) is 11.6 Å². The van der Waals surface area contributed by atoms with Crippen molar-refractivity contribution in [1.82, 2.24) is 15.0 Å². The highest BCUT2D eigenvalue weighted by Crippen LogP contribution is 2.26. The Bertz CT molecular complexity index is 484. The van der Waals surface area contributed by atoms with E-state index in [2.05, 4.69) is 21.9 Å². The topological polar surface area (TPSA) is 38.7 Å². The lowest BCUT2D eigenvalue weighted by Gasteiger charge is -2.16. The number of nitrogens with zero attached hydrogens (tertiary/aromatic N) is 3. The Morgan fingerprint density at radius 1 is 1.25 bits per heavy atom. The highest BCUT2D eigenvalue weighted by molar-refractivity contribution is 6.20. The third-order valence-electron chi connectivity index (χ3n) is 2.73. The zero-order chi connectivity index (χ0) is 11.5. The molecule has 16 heavy (non-hydrogen) atoms. The first-order chi connectivity index (χ1) is 7.72. The molecule has 0 aliphatic rings. The van der Waals surface area contributed by atoms with Crippen molar-refractivity contribution >= 4 is 22.8 Å². The van der Waals surface area contributed by atoms with E-state index in [1.165, 1.54) is 0 Å². The molecule has 0 aliphatic carbocycles. The van der Waals surface area contributed by atoms with Gasteiger partial charge in [-0.3, -0.25) is 4.98 Å². The van der Waals surface area contributed by atoms with Gasteiger partial charge in [-0.05, 0) is 25.5 Å². The average Bonchev–Trinajstić information content (AvgIpc) is 2.29. The zero-order valence-corrected chi connectivity index (χ0v) is 10.1. The molecular weight excluding hydrogens is 222 g/mol. The van der Waals surface area contributed by atoms with Gasteiger partial charge in [0.05, 0.1) is 0 Å². The molecule has 0 spiro atoms. The molecule has 0 aromatic carbocycles. The number of pyridine rings is 1. The number of hydrogen-bond acceptors (Lipinski definition) is 3. The van der Waals surface area contributed by atoms with Crippen LogP contribution < -0.4 is 0 Å². The van der Waals surface area contributed by atoms with Crippen LogP contribution in [0.25, 0.3) is 11.2 Å². The molecule has 2 atom stereocenters. The highest BCUT2D eigenvalue weighted by atomic mass is 35.5. The van der Waals surface area contributed by atoms with Gasteiger partial charge in [0.15, 0.2) is 5.65 Å². The first-order valence-electron chi connectivity index (χ1n) is 5.44. The summed E-state index contributed by atoms with van der Waals surface area (Å²) in [6.07, 6.45) is 4.30. The molecule has 0 saturated heterocycles. The minimum Gasteiger partial charge on any atom is -0.251 e. The van der Waals surface area contributed by atoms with Crippen LogP contribution in [0.2, 0.25) is 0 Å². The zero-order valence-electron chi connectivity index (χ0n) is 9.39. The second kappa shape index (κ2) is 4.74. The molecule has 0 N–H and O–H groups in total. The average molecular weight is 236 g/mol. The Morgan fingerprint density at radius 3 is 2.69 bits per heavy atom. The molecule has 2 aromatic rings. The number of alkyl halides is 1. The number of aromatic nitrogens is 3. The van der Waals surface area contributed by atoms with Gasteiger partial charge < -0.3 is 0 Å². The Kier molecular flexibility index (Phi) is 3.34. The van der Waals surface area contributed by atoms with E-state index < -0.39 is 0 Å². The molecule has 0 amide bonds. The van der Waals surface area contributed by atoms with Crippen LogP contribution in [0.1, 0.15) is 31.9 Å². The summed E-state index contributed by atoms with van der Waals surface area (Å²) in [6.45, 7) is 4.12. The summed E-state index contributed by atoms with van der Waals surface area (Å²) in [4.78, 5) is 12.9. The van der Waals surface area contributed by atoms with Crippen molar-refractivity contribution in [2.24, 2.45) is 0 Å². The van der Waals surface area contributed by atoms with Crippen LogP contribution in [0.4, 0.5) is 0 Å². The molecular formula is C12H14ClN3. The third kappa shape index (κ3) is 2.14. The number of hydrogen-bond donors (Lipinski definition) is 0. The lowest BCUT2D eigenvalue weighted by Crippen LogP contribution is -2.10. The molecule has 0 radical (unpaired) electrons. The van der Waals surface area contributed by atoms with Gasteiger partial charge in [0, 0.05) is 29.4 Å². The molecule has 0 aliphatic heterocycles. The Labute approximate surface area is 99.9 Å². The number of fused-ring (bicyclic) bond motifs is 1. The van der Waals surface area contributed by atoms with Crippen molar-refractivity contribution in [2.75, 3.05) is 0 Å². The second-order valence-corrected chi connectivity index (χ2v) is 4.52. The molecule has 0 saturated carbocycles. The minimum atomic E-state index is 0.0756. The summed E-state index contributed by atoms with van der Waals surface area (Å²) in [5, 5.41) is 0.0756. The van der Waals surface area contributed by atoms with Crippen molar-refractivity contribution in [2.45, 2.75) is 31.6 Å². The quantitative estimate of drug-likeness (QED) is 0.768. The van der Waals surface area contributed by atoms with E-state index in [-0.39, 0.29) is 11.3 Å². The van der Waals surface area contributed by atoms with Crippen molar-refractivity contribution in [1.29, 1.82) is 0 Å². The second-order valence-electron chi connectivity index (χ2n) is 3.83. The van der Waals surface area contributed by atoms with E-state index in [1.807, 2.05) is 19.1 Å². The summed E-state index contributed by atoms with van der Waals surface area (Å²) in [6, 6.07) is 3.94. The highest BCUT2D eigenvalue weighted by Gasteiger charge is 2.17. The van der Waals surface area contributed by atoms with E-state index in [1.54, 1.807) is 12.4 Å². The fourth-order valence-electron chi connectivity index (χ4n) is 1.84. The van der Waals surface area contributed by atoms with Crippen LogP contribution in [0.15, 0.2) is 24.5 Å². The summed E-state index contributed by atoms with van der Waals surface area (Å²) in [7, 11) is 0. The SMILES string of the molecule is CCC(c1ccc2nccnc2n1)C(C)Cl. The predicted octanol–water partition coefficient (Wildman–Crippen LogP) is 3.15. The summed E-state index contributed by atoms with van der Waals surface area (Å²) >= 11 is 6.15. The predicted molar refractivity (Wildman–Crippen MR) is 65.7 cm³/mol. The van der Waals surface area contributed by atoms with Crippen molar-refractivity contribution < 1.29 is 0 Å². The lowest BCUT2D eigenvalue weighted by atomic mass is 9.98. The van der Waals surface area contributed by atoms with E-state index in [0.29, 0.717) is 5.65 Å². The van der Waals surface area contributed by atoms with E-state index in [9.17, 15) is 0 Å². The Hall–Kier alpha value is -1.22. The normalized spacial score (nSPS) is 14.9. The summed E-state index contributed by atoms with van der Waals surface area (Å²) in [5.74, 6) is 0.271. The fraction of sp³-hybridized carbons (Fsp3) is 0.417. The van der Waals surface area contributed by atoms with Gasteiger partial charge >= 0.3 is 0 Å². The first kappa shape index (κ1) is 11.3. The van der Waals surface area contributed by atoms with Gasteiger partial charge in [0.25, 0.3) is 0 Å². The Balaban J connectivity index is 2.45. The van der Waals surface area contributed by atoms with Crippen LogP contribution in [0.3, 0.4) is 0 Å². The van der Waals surface area contributed by atoms with Crippen molar-refractivity contribution in [3.63, 3.8) is 0 Å². The maximum atomic E-state index is 6.15.